The highest BCUT2D eigenvalue weighted by Gasteiger charge is 2.26. The summed E-state index contributed by atoms with van der Waals surface area (Å²) in [5.74, 6) is 0.109. The van der Waals surface area contributed by atoms with Crippen molar-refractivity contribution in [1.82, 2.24) is 24.8 Å². The molecule has 0 atom stereocenters. The van der Waals surface area contributed by atoms with Crippen LogP contribution in [0.15, 0.2) is 63.7 Å². The normalized spacial score (nSPS) is 13.3. The molecule has 0 N–H and O–H groups in total. The molecule has 150 valence electrons. The van der Waals surface area contributed by atoms with Crippen LogP contribution in [0.3, 0.4) is 0 Å². The molecular formula is C22H18BrN5O2. The Morgan fingerprint density at radius 3 is 2.67 bits per heavy atom. The Hall–Kier alpha value is -3.26. The fourth-order valence-electron chi connectivity index (χ4n) is 3.63. The molecule has 0 aliphatic carbocycles. The van der Waals surface area contributed by atoms with Gasteiger partial charge in [0, 0.05) is 23.8 Å². The van der Waals surface area contributed by atoms with Gasteiger partial charge in [0.15, 0.2) is 0 Å². The Bertz CT molecular complexity index is 1230. The molecule has 0 spiro atoms. The number of aryl methyl sites for hydroxylation is 1. The van der Waals surface area contributed by atoms with E-state index in [1.165, 1.54) is 5.56 Å². The molecule has 0 unspecified atom stereocenters. The summed E-state index contributed by atoms with van der Waals surface area (Å²) in [5, 5.41) is 8.57. The van der Waals surface area contributed by atoms with E-state index in [2.05, 4.69) is 37.2 Å². The number of fused-ring (bicyclic) bond motifs is 1. The topological polar surface area (TPSA) is 77.0 Å². The van der Waals surface area contributed by atoms with Gasteiger partial charge < -0.3 is 9.42 Å². The minimum atomic E-state index is -0.249. The van der Waals surface area contributed by atoms with E-state index in [0.29, 0.717) is 18.9 Å². The zero-order valence-electron chi connectivity index (χ0n) is 16.2. The number of nitrogens with zero attached hydrogens (tertiary/aromatic N) is 5. The van der Waals surface area contributed by atoms with Crippen LogP contribution < -0.4 is 0 Å². The summed E-state index contributed by atoms with van der Waals surface area (Å²) >= 11 is 3.43. The van der Waals surface area contributed by atoms with Crippen molar-refractivity contribution in [3.8, 4) is 17.1 Å². The van der Waals surface area contributed by atoms with Gasteiger partial charge in [-0.3, -0.25) is 4.79 Å². The number of aromatic nitrogens is 4. The standard InChI is InChI=1S/C22H18BrN5O2/c1-14-19(13-28(25-14)18-8-6-17(23)7-9-18)20-24-21(30-26-20)22(29)27-11-10-15-4-2-3-5-16(15)12-27/h2-9,13H,10-12H2,1H3. The summed E-state index contributed by atoms with van der Waals surface area (Å²) in [6.45, 7) is 3.06. The summed E-state index contributed by atoms with van der Waals surface area (Å²) < 4.78 is 8.07. The summed E-state index contributed by atoms with van der Waals surface area (Å²) in [6, 6.07) is 16.0. The first-order valence-electron chi connectivity index (χ1n) is 9.61. The van der Waals surface area contributed by atoms with Gasteiger partial charge in [-0.15, -0.1) is 0 Å². The van der Waals surface area contributed by atoms with Crippen LogP contribution in [-0.2, 0) is 13.0 Å². The molecule has 1 aliphatic heterocycles. The Morgan fingerprint density at radius 1 is 1.10 bits per heavy atom. The van der Waals surface area contributed by atoms with E-state index in [1.54, 1.807) is 9.58 Å². The van der Waals surface area contributed by atoms with Crippen LogP contribution in [0.5, 0.6) is 0 Å². The van der Waals surface area contributed by atoms with E-state index in [9.17, 15) is 4.79 Å². The number of amides is 1. The van der Waals surface area contributed by atoms with Crippen molar-refractivity contribution in [3.05, 3.63) is 81.9 Å². The molecule has 0 saturated carbocycles. The van der Waals surface area contributed by atoms with Crippen molar-refractivity contribution in [1.29, 1.82) is 0 Å². The zero-order valence-corrected chi connectivity index (χ0v) is 17.8. The third-order valence-corrected chi connectivity index (χ3v) is 5.79. The third kappa shape index (κ3) is 3.43. The molecule has 7 nitrogen and oxygen atoms in total. The van der Waals surface area contributed by atoms with Crippen LogP contribution in [0, 0.1) is 6.92 Å². The Morgan fingerprint density at radius 2 is 1.87 bits per heavy atom. The van der Waals surface area contributed by atoms with E-state index in [1.807, 2.05) is 55.6 Å². The summed E-state index contributed by atoms with van der Waals surface area (Å²) in [4.78, 5) is 19.0. The highest BCUT2D eigenvalue weighted by atomic mass is 79.9. The molecule has 5 rings (SSSR count). The summed E-state index contributed by atoms with van der Waals surface area (Å²) in [7, 11) is 0. The predicted octanol–water partition coefficient (Wildman–Crippen LogP) is 4.19. The average molecular weight is 464 g/mol. The molecule has 2 aromatic heterocycles. The monoisotopic (exact) mass is 463 g/mol. The molecule has 30 heavy (non-hydrogen) atoms. The summed E-state index contributed by atoms with van der Waals surface area (Å²) in [5.41, 5.74) is 4.83. The largest absolute Gasteiger partial charge is 0.330 e. The number of carbonyl (C=O) groups excluding carboxylic acids is 1. The third-order valence-electron chi connectivity index (χ3n) is 5.26. The van der Waals surface area contributed by atoms with Crippen molar-refractivity contribution in [2.45, 2.75) is 19.9 Å². The van der Waals surface area contributed by atoms with Crippen molar-refractivity contribution in [2.75, 3.05) is 6.54 Å². The van der Waals surface area contributed by atoms with Gasteiger partial charge >= 0.3 is 11.8 Å². The molecule has 0 bridgehead atoms. The Kier molecular flexibility index (Phi) is 4.71. The number of hydrogen-bond acceptors (Lipinski definition) is 5. The second kappa shape index (κ2) is 7.53. The number of rotatable bonds is 3. The highest BCUT2D eigenvalue weighted by Crippen LogP contribution is 2.24. The van der Waals surface area contributed by atoms with Crippen molar-refractivity contribution in [2.24, 2.45) is 0 Å². The molecule has 3 heterocycles. The first-order valence-corrected chi connectivity index (χ1v) is 10.4. The van der Waals surface area contributed by atoms with Gasteiger partial charge in [0.2, 0.25) is 5.82 Å². The minimum absolute atomic E-state index is 0.000160. The Labute approximate surface area is 181 Å². The first kappa shape index (κ1) is 18.7. The molecule has 4 aromatic rings. The quantitative estimate of drug-likeness (QED) is 0.455. The molecule has 8 heteroatoms. The van der Waals surface area contributed by atoms with E-state index in [4.69, 9.17) is 4.52 Å². The second-order valence-electron chi connectivity index (χ2n) is 7.22. The SMILES string of the molecule is Cc1nn(-c2ccc(Br)cc2)cc1-c1noc(C(=O)N2CCc3ccccc3C2)n1. The van der Waals surface area contributed by atoms with E-state index >= 15 is 0 Å². The van der Waals surface area contributed by atoms with Gasteiger partial charge in [0.1, 0.15) is 0 Å². The Balaban J connectivity index is 1.38. The fraction of sp³-hybridized carbons (Fsp3) is 0.182. The lowest BCUT2D eigenvalue weighted by molar-refractivity contribution is 0.0684. The lowest BCUT2D eigenvalue weighted by Crippen LogP contribution is -2.36. The van der Waals surface area contributed by atoms with E-state index in [-0.39, 0.29) is 11.8 Å². The molecule has 1 aliphatic rings. The average Bonchev–Trinajstić information content (AvgIpc) is 3.40. The molecule has 2 aromatic carbocycles. The van der Waals surface area contributed by atoms with Gasteiger partial charge in [-0.1, -0.05) is 45.4 Å². The van der Waals surface area contributed by atoms with Crippen molar-refractivity contribution in [3.63, 3.8) is 0 Å². The van der Waals surface area contributed by atoms with Gasteiger partial charge in [-0.25, -0.2) is 4.68 Å². The van der Waals surface area contributed by atoms with Gasteiger partial charge in [-0.05, 0) is 48.7 Å². The fourth-order valence-corrected chi connectivity index (χ4v) is 3.89. The highest BCUT2D eigenvalue weighted by molar-refractivity contribution is 9.10. The van der Waals surface area contributed by atoms with Gasteiger partial charge in [0.05, 0.1) is 16.9 Å². The maximum atomic E-state index is 12.9. The van der Waals surface area contributed by atoms with Gasteiger partial charge in [0.25, 0.3) is 0 Å². The molecule has 0 fully saturated rings. The smallest absolute Gasteiger partial charge is 0.316 e. The molecule has 0 saturated heterocycles. The molecule has 0 radical (unpaired) electrons. The summed E-state index contributed by atoms with van der Waals surface area (Å²) in [6.07, 6.45) is 2.66. The molecule has 1 amide bonds. The maximum Gasteiger partial charge on any atom is 0.316 e. The number of benzene rings is 2. The lowest BCUT2D eigenvalue weighted by atomic mass is 10.00. The van der Waals surface area contributed by atoms with Gasteiger partial charge in [-0.2, -0.15) is 10.1 Å². The van der Waals surface area contributed by atoms with E-state index in [0.717, 1.165) is 33.4 Å². The van der Waals surface area contributed by atoms with Crippen LogP contribution in [0.1, 0.15) is 27.5 Å². The van der Waals surface area contributed by atoms with Crippen LogP contribution >= 0.6 is 15.9 Å². The van der Waals surface area contributed by atoms with Crippen LogP contribution in [-0.4, -0.2) is 37.3 Å². The first-order chi connectivity index (χ1) is 14.6. The van der Waals surface area contributed by atoms with Crippen LogP contribution in [0.2, 0.25) is 0 Å². The second-order valence-corrected chi connectivity index (χ2v) is 8.13. The number of hydrogen-bond donors (Lipinski definition) is 0. The van der Waals surface area contributed by atoms with Crippen LogP contribution in [0.4, 0.5) is 0 Å². The van der Waals surface area contributed by atoms with Crippen molar-refractivity contribution < 1.29 is 9.32 Å². The predicted molar refractivity (Wildman–Crippen MR) is 114 cm³/mol. The van der Waals surface area contributed by atoms with E-state index < -0.39 is 0 Å². The maximum absolute atomic E-state index is 12.9. The number of carbonyl (C=O) groups is 1. The number of halogens is 1. The van der Waals surface area contributed by atoms with Crippen LogP contribution in [0.25, 0.3) is 17.1 Å². The minimum Gasteiger partial charge on any atom is -0.330 e. The zero-order chi connectivity index (χ0) is 20.7. The van der Waals surface area contributed by atoms with Crippen molar-refractivity contribution >= 4 is 21.8 Å². The lowest BCUT2D eigenvalue weighted by Gasteiger charge is -2.27. The molecular weight excluding hydrogens is 446 g/mol.